The maximum Gasteiger partial charge on any atom is 0.118 e. The Kier molecular flexibility index (Phi) is 5.83. The first kappa shape index (κ1) is 15.3. The molecule has 0 radical (unpaired) electrons. The second-order valence-corrected chi connectivity index (χ2v) is 6.62. The summed E-state index contributed by atoms with van der Waals surface area (Å²) in [6.45, 7) is 4.77. The van der Waals surface area contributed by atoms with Crippen LogP contribution in [0.25, 0.3) is 0 Å². The summed E-state index contributed by atoms with van der Waals surface area (Å²) in [5, 5.41) is 5.69. The molecule has 0 spiro atoms. The molecule has 1 heterocycles. The third-order valence-corrected chi connectivity index (χ3v) is 4.33. The lowest BCUT2D eigenvalue weighted by Crippen LogP contribution is -2.20. The molecule has 2 aromatic rings. The molecule has 4 heteroatoms. The number of benzene rings is 1. The van der Waals surface area contributed by atoms with Crippen LogP contribution in [0.15, 0.2) is 52.8 Å². The lowest BCUT2D eigenvalue weighted by Gasteiger charge is -2.17. The molecule has 1 atom stereocenters. The Labute approximate surface area is 132 Å². The molecule has 0 aliphatic rings. The molecule has 1 aromatic carbocycles. The van der Waals surface area contributed by atoms with Gasteiger partial charge in [0.15, 0.2) is 0 Å². The van der Waals surface area contributed by atoms with Crippen molar-refractivity contribution in [3.8, 4) is 5.75 Å². The summed E-state index contributed by atoms with van der Waals surface area (Å²) in [5.41, 5.74) is 1.24. The van der Waals surface area contributed by atoms with Crippen molar-refractivity contribution in [3.63, 3.8) is 0 Å². The van der Waals surface area contributed by atoms with Crippen LogP contribution in [-0.2, 0) is 6.54 Å². The van der Waals surface area contributed by atoms with Gasteiger partial charge < -0.3 is 10.1 Å². The lowest BCUT2D eigenvalue weighted by atomic mass is 10.1. The highest BCUT2D eigenvalue weighted by Crippen LogP contribution is 2.27. The molecule has 0 unspecified atom stereocenters. The molecule has 0 saturated carbocycles. The normalized spacial score (nSPS) is 12.1. The number of rotatable bonds is 7. The average Bonchev–Trinajstić information content (AvgIpc) is 2.97. The Bertz CT molecular complexity index is 536. The fraction of sp³-hybridized carbons (Fsp3) is 0.250. The predicted octanol–water partition coefficient (Wildman–Crippen LogP) is 4.89. The molecule has 0 aliphatic carbocycles. The van der Waals surface area contributed by atoms with Crippen LogP contribution in [0.2, 0.25) is 0 Å². The summed E-state index contributed by atoms with van der Waals surface area (Å²) in [5.74, 6) is 0.886. The third-order valence-electron chi connectivity index (χ3n) is 3.02. The van der Waals surface area contributed by atoms with E-state index in [0.717, 1.165) is 23.2 Å². The summed E-state index contributed by atoms with van der Waals surface area (Å²) in [4.78, 5) is 1.33. The summed E-state index contributed by atoms with van der Waals surface area (Å²) in [6, 6.07) is 12.7. The number of thiophene rings is 1. The van der Waals surface area contributed by atoms with Crippen molar-refractivity contribution in [1.82, 2.24) is 5.32 Å². The van der Waals surface area contributed by atoms with E-state index >= 15 is 0 Å². The van der Waals surface area contributed by atoms with Crippen LogP contribution < -0.4 is 10.1 Å². The average molecular weight is 352 g/mol. The van der Waals surface area contributed by atoms with Crippen molar-refractivity contribution in [1.29, 1.82) is 0 Å². The van der Waals surface area contributed by atoms with Crippen LogP contribution in [-0.4, -0.2) is 7.11 Å². The van der Waals surface area contributed by atoms with Crippen molar-refractivity contribution >= 4 is 27.3 Å². The van der Waals surface area contributed by atoms with Gasteiger partial charge in [-0.25, -0.2) is 0 Å². The van der Waals surface area contributed by atoms with E-state index in [2.05, 4.69) is 57.5 Å². The van der Waals surface area contributed by atoms with Crippen LogP contribution in [0.1, 0.15) is 22.9 Å². The van der Waals surface area contributed by atoms with Gasteiger partial charge in [-0.1, -0.05) is 40.7 Å². The van der Waals surface area contributed by atoms with Gasteiger partial charge in [0.1, 0.15) is 5.75 Å². The molecule has 0 amide bonds. The zero-order valence-electron chi connectivity index (χ0n) is 11.4. The van der Waals surface area contributed by atoms with E-state index in [1.54, 1.807) is 18.4 Å². The molecule has 0 fully saturated rings. The van der Waals surface area contributed by atoms with Gasteiger partial charge in [0.2, 0.25) is 0 Å². The maximum absolute atomic E-state index is 5.17. The van der Waals surface area contributed by atoms with Gasteiger partial charge in [-0.15, -0.1) is 11.3 Å². The fourth-order valence-electron chi connectivity index (χ4n) is 1.97. The molecule has 0 aliphatic heterocycles. The minimum Gasteiger partial charge on any atom is -0.497 e. The summed E-state index contributed by atoms with van der Waals surface area (Å²) >= 11 is 5.23. The zero-order chi connectivity index (χ0) is 14.4. The Morgan fingerprint density at radius 2 is 2.10 bits per heavy atom. The van der Waals surface area contributed by atoms with Crippen molar-refractivity contribution in [2.75, 3.05) is 7.11 Å². The Morgan fingerprint density at radius 3 is 2.65 bits per heavy atom. The molecule has 1 N–H and O–H groups in total. The van der Waals surface area contributed by atoms with Crippen molar-refractivity contribution in [2.45, 2.75) is 19.0 Å². The van der Waals surface area contributed by atoms with Gasteiger partial charge in [-0.05, 0) is 40.0 Å². The molecular weight excluding hydrogens is 334 g/mol. The number of halogens is 1. The highest BCUT2D eigenvalue weighted by molar-refractivity contribution is 9.11. The molecule has 1 aromatic heterocycles. The second-order valence-electron chi connectivity index (χ2n) is 4.52. The first-order valence-electron chi connectivity index (χ1n) is 6.42. The molecular formula is C16H18BrNOS. The third kappa shape index (κ3) is 4.47. The van der Waals surface area contributed by atoms with Crippen LogP contribution in [0.4, 0.5) is 0 Å². The quantitative estimate of drug-likeness (QED) is 0.766. The molecule has 20 heavy (non-hydrogen) atoms. The highest BCUT2D eigenvalue weighted by Gasteiger charge is 2.12. The van der Waals surface area contributed by atoms with Crippen LogP contribution in [0, 0.1) is 0 Å². The number of nitrogens with one attached hydrogen (secondary N) is 1. The van der Waals surface area contributed by atoms with E-state index in [0.29, 0.717) is 6.04 Å². The molecule has 0 bridgehead atoms. The predicted molar refractivity (Wildman–Crippen MR) is 89.6 cm³/mol. The smallest absolute Gasteiger partial charge is 0.118 e. The monoisotopic (exact) mass is 351 g/mol. The number of hydrogen-bond acceptors (Lipinski definition) is 3. The zero-order valence-corrected chi connectivity index (χ0v) is 13.8. The standard InChI is InChI=1S/C16H18BrNOS/c1-12(17)10-15(16-4-3-9-20-16)18-11-13-5-7-14(19-2)8-6-13/h3-9,15,18H,1,10-11H2,2H3/t15-/m1/s1. The van der Waals surface area contributed by atoms with Crippen LogP contribution in [0.5, 0.6) is 5.75 Å². The molecule has 2 nitrogen and oxygen atoms in total. The maximum atomic E-state index is 5.17. The lowest BCUT2D eigenvalue weighted by molar-refractivity contribution is 0.414. The van der Waals surface area contributed by atoms with Gasteiger partial charge in [-0.2, -0.15) is 0 Å². The summed E-state index contributed by atoms with van der Waals surface area (Å²) in [6.07, 6.45) is 0.886. The van der Waals surface area contributed by atoms with E-state index in [-0.39, 0.29) is 0 Å². The van der Waals surface area contributed by atoms with Crippen molar-refractivity contribution in [3.05, 3.63) is 63.3 Å². The van der Waals surface area contributed by atoms with Gasteiger partial charge in [0.25, 0.3) is 0 Å². The topological polar surface area (TPSA) is 21.3 Å². The minimum atomic E-state index is 0.295. The van der Waals surface area contributed by atoms with E-state index < -0.39 is 0 Å². The second kappa shape index (κ2) is 7.62. The Hall–Kier alpha value is -1.10. The summed E-state index contributed by atoms with van der Waals surface area (Å²) in [7, 11) is 1.68. The number of methoxy groups -OCH3 is 1. The Balaban J connectivity index is 1.99. The van der Waals surface area contributed by atoms with Gasteiger partial charge >= 0.3 is 0 Å². The number of ether oxygens (including phenoxy) is 1. The van der Waals surface area contributed by atoms with Crippen molar-refractivity contribution < 1.29 is 4.74 Å². The van der Waals surface area contributed by atoms with Gasteiger partial charge in [-0.3, -0.25) is 0 Å². The number of hydrogen-bond donors (Lipinski definition) is 1. The van der Waals surface area contributed by atoms with E-state index in [9.17, 15) is 0 Å². The first-order chi connectivity index (χ1) is 9.69. The Morgan fingerprint density at radius 1 is 1.35 bits per heavy atom. The van der Waals surface area contributed by atoms with Crippen LogP contribution in [0.3, 0.4) is 0 Å². The van der Waals surface area contributed by atoms with Gasteiger partial charge in [0.05, 0.1) is 7.11 Å². The molecule has 2 rings (SSSR count). The molecule has 0 saturated heterocycles. The van der Waals surface area contributed by atoms with E-state index in [1.807, 2.05) is 12.1 Å². The van der Waals surface area contributed by atoms with Crippen molar-refractivity contribution in [2.24, 2.45) is 0 Å². The van der Waals surface area contributed by atoms with E-state index in [4.69, 9.17) is 4.74 Å². The van der Waals surface area contributed by atoms with E-state index in [1.165, 1.54) is 10.4 Å². The van der Waals surface area contributed by atoms with Gasteiger partial charge in [0, 0.05) is 17.5 Å². The summed E-state index contributed by atoms with van der Waals surface area (Å²) < 4.78 is 6.18. The minimum absolute atomic E-state index is 0.295. The molecule has 106 valence electrons. The fourth-order valence-corrected chi connectivity index (χ4v) is 3.09. The largest absolute Gasteiger partial charge is 0.497 e. The highest BCUT2D eigenvalue weighted by atomic mass is 79.9. The SMILES string of the molecule is C=C(Br)C[C@@H](NCc1ccc(OC)cc1)c1cccs1. The van der Waals surface area contributed by atoms with Crippen LogP contribution >= 0.6 is 27.3 Å². The first-order valence-corrected chi connectivity index (χ1v) is 8.09.